The first-order valence-corrected chi connectivity index (χ1v) is 12.6. The van der Waals surface area contributed by atoms with E-state index in [1.165, 1.54) is 0 Å². The van der Waals surface area contributed by atoms with E-state index in [9.17, 15) is 14.4 Å². The summed E-state index contributed by atoms with van der Waals surface area (Å²) in [5.41, 5.74) is 0.511. The number of rotatable bonds is 9. The number of benzene rings is 1. The lowest BCUT2D eigenvalue weighted by atomic mass is 10.0. The molecule has 1 aromatic carbocycles. The van der Waals surface area contributed by atoms with Gasteiger partial charge in [0, 0.05) is 30.0 Å². The van der Waals surface area contributed by atoms with E-state index < -0.39 is 6.04 Å². The van der Waals surface area contributed by atoms with E-state index >= 15 is 0 Å². The molecule has 1 aliphatic rings. The second-order valence-electron chi connectivity index (χ2n) is 8.05. The Morgan fingerprint density at radius 2 is 1.87 bits per heavy atom. The van der Waals surface area contributed by atoms with Crippen LogP contribution in [0.15, 0.2) is 28.7 Å². The molecule has 1 aliphatic heterocycles. The second kappa shape index (κ2) is 12.3. The van der Waals surface area contributed by atoms with Gasteiger partial charge in [0.1, 0.15) is 6.04 Å². The zero-order valence-corrected chi connectivity index (χ0v) is 20.4. The highest BCUT2D eigenvalue weighted by atomic mass is 79.9. The van der Waals surface area contributed by atoms with Gasteiger partial charge in [-0.3, -0.25) is 14.4 Å². The Morgan fingerprint density at radius 3 is 2.47 bits per heavy atom. The molecule has 0 bridgehead atoms. The Morgan fingerprint density at radius 1 is 1.20 bits per heavy atom. The first kappa shape index (κ1) is 24.7. The smallest absolute Gasteiger partial charge is 0.253 e. The molecule has 1 heterocycles. The van der Waals surface area contributed by atoms with Gasteiger partial charge < -0.3 is 15.5 Å². The van der Waals surface area contributed by atoms with E-state index in [2.05, 4.69) is 26.6 Å². The molecule has 1 unspecified atom stereocenters. The normalized spacial score (nSPS) is 15.7. The molecule has 1 fully saturated rings. The molecule has 1 aromatic rings. The topological polar surface area (TPSA) is 78.5 Å². The van der Waals surface area contributed by atoms with Crippen molar-refractivity contribution >= 4 is 45.4 Å². The van der Waals surface area contributed by atoms with Crippen LogP contribution in [0, 0.1) is 5.92 Å². The van der Waals surface area contributed by atoms with Gasteiger partial charge in [-0.05, 0) is 65.3 Å². The Hall–Kier alpha value is -1.54. The van der Waals surface area contributed by atoms with Crippen LogP contribution in [-0.4, -0.2) is 59.8 Å². The molecule has 1 atom stereocenters. The average molecular weight is 498 g/mol. The number of nitrogens with one attached hydrogen (secondary N) is 2. The van der Waals surface area contributed by atoms with Crippen molar-refractivity contribution in [1.29, 1.82) is 0 Å². The van der Waals surface area contributed by atoms with Gasteiger partial charge in [0.05, 0.1) is 5.56 Å². The van der Waals surface area contributed by atoms with Crippen LogP contribution in [0.2, 0.25) is 0 Å². The highest BCUT2D eigenvalue weighted by molar-refractivity contribution is 9.10. The molecule has 8 heteroatoms. The number of piperidine rings is 1. The van der Waals surface area contributed by atoms with E-state index in [0.717, 1.165) is 18.6 Å². The van der Waals surface area contributed by atoms with Crippen LogP contribution in [0.1, 0.15) is 49.9 Å². The molecule has 6 nitrogen and oxygen atoms in total. The Kier molecular flexibility index (Phi) is 10.2. The van der Waals surface area contributed by atoms with Crippen molar-refractivity contribution in [3.63, 3.8) is 0 Å². The third kappa shape index (κ3) is 7.61. The maximum atomic E-state index is 12.9. The average Bonchev–Trinajstić information content (AvgIpc) is 2.71. The molecule has 0 radical (unpaired) electrons. The standard InChI is InChI=1S/C22H32BrN3O3S/c1-15(2)14-20(27)26-11-8-16(9-12-26)24-22(29)19(10-13-30-3)25-21(28)17-6-4-5-7-18(17)23/h4-7,15-16,19H,8-14H2,1-3H3,(H,24,29)(H,25,28). The fourth-order valence-corrected chi connectivity index (χ4v) is 4.38. The lowest BCUT2D eigenvalue weighted by Crippen LogP contribution is -2.53. The van der Waals surface area contributed by atoms with Gasteiger partial charge in [0.2, 0.25) is 11.8 Å². The summed E-state index contributed by atoms with van der Waals surface area (Å²) in [6, 6.07) is 6.62. The van der Waals surface area contributed by atoms with Crippen LogP contribution < -0.4 is 10.6 Å². The van der Waals surface area contributed by atoms with Crippen LogP contribution in [-0.2, 0) is 9.59 Å². The predicted octanol–water partition coefficient (Wildman–Crippen LogP) is 3.45. The fraction of sp³-hybridized carbons (Fsp3) is 0.591. The number of carbonyl (C=O) groups excluding carboxylic acids is 3. The van der Waals surface area contributed by atoms with E-state index in [1.54, 1.807) is 30.0 Å². The van der Waals surface area contributed by atoms with Gasteiger partial charge in [-0.1, -0.05) is 26.0 Å². The Labute approximate surface area is 192 Å². The first-order chi connectivity index (χ1) is 14.3. The van der Waals surface area contributed by atoms with Gasteiger partial charge in [0.25, 0.3) is 5.91 Å². The largest absolute Gasteiger partial charge is 0.351 e. The van der Waals surface area contributed by atoms with Crippen molar-refractivity contribution in [2.24, 2.45) is 5.92 Å². The highest BCUT2D eigenvalue weighted by Gasteiger charge is 2.27. The Bertz CT molecular complexity index is 736. The number of carbonyl (C=O) groups is 3. The number of halogens is 1. The van der Waals surface area contributed by atoms with Crippen molar-refractivity contribution in [1.82, 2.24) is 15.5 Å². The van der Waals surface area contributed by atoms with E-state index in [1.807, 2.05) is 31.1 Å². The number of hydrogen-bond acceptors (Lipinski definition) is 4. The molecular weight excluding hydrogens is 466 g/mol. The lowest BCUT2D eigenvalue weighted by molar-refractivity contribution is -0.133. The maximum Gasteiger partial charge on any atom is 0.253 e. The zero-order chi connectivity index (χ0) is 22.1. The minimum absolute atomic E-state index is 0.0257. The zero-order valence-electron chi connectivity index (χ0n) is 17.9. The molecule has 3 amide bonds. The van der Waals surface area contributed by atoms with Crippen LogP contribution in [0.3, 0.4) is 0 Å². The molecule has 0 aromatic heterocycles. The summed E-state index contributed by atoms with van der Waals surface area (Å²) >= 11 is 5.03. The Balaban J connectivity index is 1.92. The van der Waals surface area contributed by atoms with Gasteiger partial charge in [-0.2, -0.15) is 11.8 Å². The summed E-state index contributed by atoms with van der Waals surface area (Å²) in [6.45, 7) is 5.41. The van der Waals surface area contributed by atoms with Crippen molar-refractivity contribution in [2.75, 3.05) is 25.1 Å². The van der Waals surface area contributed by atoms with Gasteiger partial charge in [-0.25, -0.2) is 0 Å². The summed E-state index contributed by atoms with van der Waals surface area (Å²) in [5, 5.41) is 5.98. The number of thioether (sulfide) groups is 1. The predicted molar refractivity (Wildman–Crippen MR) is 126 cm³/mol. The van der Waals surface area contributed by atoms with Crippen LogP contribution in [0.4, 0.5) is 0 Å². The quantitative estimate of drug-likeness (QED) is 0.547. The van der Waals surface area contributed by atoms with Crippen molar-refractivity contribution in [2.45, 2.75) is 51.6 Å². The molecule has 0 spiro atoms. The maximum absolute atomic E-state index is 12.9. The summed E-state index contributed by atoms with van der Waals surface area (Å²) in [5.74, 6) is 0.888. The van der Waals surface area contributed by atoms with Gasteiger partial charge in [-0.15, -0.1) is 0 Å². The molecule has 166 valence electrons. The van der Waals surface area contributed by atoms with Gasteiger partial charge >= 0.3 is 0 Å². The van der Waals surface area contributed by atoms with Crippen LogP contribution in [0.25, 0.3) is 0 Å². The SMILES string of the molecule is CSCCC(NC(=O)c1ccccc1Br)C(=O)NC1CCN(C(=O)CC(C)C)CC1. The molecule has 2 N–H and O–H groups in total. The number of nitrogens with zero attached hydrogens (tertiary/aromatic N) is 1. The number of amides is 3. The minimum atomic E-state index is -0.586. The minimum Gasteiger partial charge on any atom is -0.351 e. The number of likely N-dealkylation sites (tertiary alicyclic amines) is 1. The van der Waals surface area contributed by atoms with Crippen LogP contribution >= 0.6 is 27.7 Å². The van der Waals surface area contributed by atoms with Crippen LogP contribution in [0.5, 0.6) is 0 Å². The molecule has 1 saturated heterocycles. The third-order valence-corrected chi connectivity index (χ3v) is 6.46. The second-order valence-corrected chi connectivity index (χ2v) is 9.89. The molecule has 30 heavy (non-hydrogen) atoms. The monoisotopic (exact) mass is 497 g/mol. The van der Waals surface area contributed by atoms with Crippen molar-refractivity contribution in [3.8, 4) is 0 Å². The molecule has 0 aliphatic carbocycles. The van der Waals surface area contributed by atoms with Crippen molar-refractivity contribution < 1.29 is 14.4 Å². The van der Waals surface area contributed by atoms with Gasteiger partial charge in [0.15, 0.2) is 0 Å². The molecule has 2 rings (SSSR count). The highest BCUT2D eigenvalue weighted by Crippen LogP contribution is 2.17. The fourth-order valence-electron chi connectivity index (χ4n) is 3.44. The summed E-state index contributed by atoms with van der Waals surface area (Å²) in [4.78, 5) is 39.7. The summed E-state index contributed by atoms with van der Waals surface area (Å²) < 4.78 is 0.699. The van der Waals surface area contributed by atoms with E-state index in [4.69, 9.17) is 0 Å². The van der Waals surface area contributed by atoms with Crippen molar-refractivity contribution in [3.05, 3.63) is 34.3 Å². The number of hydrogen-bond donors (Lipinski definition) is 2. The third-order valence-electron chi connectivity index (χ3n) is 5.13. The first-order valence-electron chi connectivity index (χ1n) is 10.4. The lowest BCUT2D eigenvalue weighted by Gasteiger charge is -2.33. The van der Waals surface area contributed by atoms with E-state index in [-0.39, 0.29) is 23.8 Å². The molecule has 0 saturated carbocycles. The van der Waals surface area contributed by atoms with E-state index in [0.29, 0.717) is 41.9 Å². The molecular formula is C22H32BrN3O3S. The summed E-state index contributed by atoms with van der Waals surface area (Å²) in [7, 11) is 0. The summed E-state index contributed by atoms with van der Waals surface area (Å²) in [6.07, 6.45) is 4.59.